The Morgan fingerprint density at radius 3 is 2.48 bits per heavy atom. The van der Waals surface area contributed by atoms with E-state index < -0.39 is 6.04 Å². The van der Waals surface area contributed by atoms with Crippen LogP contribution in [0.15, 0.2) is 48.5 Å². The highest BCUT2D eigenvalue weighted by Crippen LogP contribution is 2.16. The zero-order valence-electron chi connectivity index (χ0n) is 11.8. The Bertz CT molecular complexity index is 613. The second-order valence-corrected chi connectivity index (χ2v) is 4.74. The molecule has 0 aromatic heterocycles. The zero-order valence-corrected chi connectivity index (χ0v) is 11.8. The number of nitrogens with two attached hydrogens (primary N) is 1. The van der Waals surface area contributed by atoms with Crippen LogP contribution in [0.4, 0.5) is 14.9 Å². The van der Waals surface area contributed by atoms with E-state index in [0.717, 1.165) is 5.56 Å². The summed E-state index contributed by atoms with van der Waals surface area (Å²) >= 11 is 0. The zero-order chi connectivity index (χ0) is 15.2. The maximum Gasteiger partial charge on any atom is 0.319 e. The van der Waals surface area contributed by atoms with E-state index in [0.29, 0.717) is 17.8 Å². The van der Waals surface area contributed by atoms with Crippen molar-refractivity contribution in [3.8, 4) is 0 Å². The minimum Gasteiger partial charge on any atom is -0.331 e. The summed E-state index contributed by atoms with van der Waals surface area (Å²) in [7, 11) is 0. The number of anilines is 1. The summed E-state index contributed by atoms with van der Waals surface area (Å²) in [6.45, 7) is 2.19. The van der Waals surface area contributed by atoms with Crippen LogP contribution in [0, 0.1) is 5.82 Å². The second-order valence-electron chi connectivity index (χ2n) is 4.74. The van der Waals surface area contributed by atoms with Crippen molar-refractivity contribution in [3.05, 3.63) is 65.5 Å². The van der Waals surface area contributed by atoms with Crippen LogP contribution >= 0.6 is 0 Å². The number of nitrogens with one attached hydrogen (secondary N) is 2. The van der Waals surface area contributed by atoms with Crippen LogP contribution in [0.2, 0.25) is 0 Å². The highest BCUT2D eigenvalue weighted by molar-refractivity contribution is 5.89. The molecule has 2 aromatic rings. The molecule has 0 bridgehead atoms. The van der Waals surface area contributed by atoms with Gasteiger partial charge in [0.25, 0.3) is 0 Å². The summed E-state index contributed by atoms with van der Waals surface area (Å²) < 4.78 is 13.6. The summed E-state index contributed by atoms with van der Waals surface area (Å²) in [5, 5.41) is 5.40. The van der Waals surface area contributed by atoms with Crippen molar-refractivity contribution < 1.29 is 9.18 Å². The van der Waals surface area contributed by atoms with E-state index in [2.05, 4.69) is 10.6 Å². The summed E-state index contributed by atoms with van der Waals surface area (Å²) in [5.74, 6) is -0.336. The number of carbonyl (C=O) groups is 1. The first-order chi connectivity index (χ1) is 10.1. The molecule has 0 saturated heterocycles. The lowest BCUT2D eigenvalue weighted by molar-refractivity contribution is 0.249. The highest BCUT2D eigenvalue weighted by Gasteiger charge is 2.12. The fourth-order valence-corrected chi connectivity index (χ4v) is 1.99. The van der Waals surface area contributed by atoms with Gasteiger partial charge >= 0.3 is 6.03 Å². The Labute approximate surface area is 123 Å². The van der Waals surface area contributed by atoms with Gasteiger partial charge in [0.2, 0.25) is 0 Å². The fourth-order valence-electron chi connectivity index (χ4n) is 1.99. The highest BCUT2D eigenvalue weighted by atomic mass is 19.1. The van der Waals surface area contributed by atoms with E-state index >= 15 is 0 Å². The van der Waals surface area contributed by atoms with Crippen LogP contribution in [-0.2, 0) is 6.54 Å². The molecule has 110 valence electrons. The molecule has 0 aliphatic heterocycles. The molecule has 21 heavy (non-hydrogen) atoms. The van der Waals surface area contributed by atoms with E-state index in [4.69, 9.17) is 5.73 Å². The monoisotopic (exact) mass is 287 g/mol. The van der Waals surface area contributed by atoms with E-state index in [1.165, 1.54) is 6.07 Å². The van der Waals surface area contributed by atoms with Crippen LogP contribution in [0.3, 0.4) is 0 Å². The Kier molecular flexibility index (Phi) is 4.90. The SMILES string of the molecule is CC(NC(=O)Nc1ccc(CN)cc1)c1ccccc1F. The van der Waals surface area contributed by atoms with E-state index in [1.54, 1.807) is 37.3 Å². The van der Waals surface area contributed by atoms with E-state index in [1.807, 2.05) is 12.1 Å². The standard InChI is InChI=1S/C16H18FN3O/c1-11(14-4-2-3-5-15(14)17)19-16(21)20-13-8-6-12(10-18)7-9-13/h2-9,11H,10,18H2,1H3,(H2,19,20,21). The van der Waals surface area contributed by atoms with E-state index in [-0.39, 0.29) is 11.8 Å². The molecule has 0 aliphatic rings. The molecule has 0 heterocycles. The van der Waals surface area contributed by atoms with Crippen molar-refractivity contribution in [2.75, 3.05) is 5.32 Å². The van der Waals surface area contributed by atoms with Crippen LogP contribution in [0.1, 0.15) is 24.1 Å². The van der Waals surface area contributed by atoms with Gasteiger partial charge in [-0.3, -0.25) is 0 Å². The predicted molar refractivity (Wildman–Crippen MR) is 81.3 cm³/mol. The molecule has 2 rings (SSSR count). The minimum atomic E-state index is -0.422. The molecule has 1 atom stereocenters. The van der Waals surface area contributed by atoms with Crippen molar-refractivity contribution in [1.82, 2.24) is 5.32 Å². The average molecular weight is 287 g/mol. The number of hydrogen-bond donors (Lipinski definition) is 3. The first-order valence-corrected chi connectivity index (χ1v) is 6.71. The molecule has 4 N–H and O–H groups in total. The lowest BCUT2D eigenvalue weighted by Gasteiger charge is -2.15. The Hall–Kier alpha value is -2.40. The number of urea groups is 1. The van der Waals surface area contributed by atoms with Crippen LogP contribution in [0.25, 0.3) is 0 Å². The molecule has 4 nitrogen and oxygen atoms in total. The van der Waals surface area contributed by atoms with Gasteiger partial charge in [-0.25, -0.2) is 9.18 Å². The maximum absolute atomic E-state index is 13.6. The first-order valence-electron chi connectivity index (χ1n) is 6.71. The van der Waals surface area contributed by atoms with Gasteiger partial charge in [0.1, 0.15) is 5.82 Å². The molecular formula is C16H18FN3O. The fraction of sp³-hybridized carbons (Fsp3) is 0.188. The van der Waals surface area contributed by atoms with Gasteiger partial charge in [-0.2, -0.15) is 0 Å². The van der Waals surface area contributed by atoms with Gasteiger partial charge in [-0.15, -0.1) is 0 Å². The van der Waals surface area contributed by atoms with Gasteiger partial charge in [0, 0.05) is 17.8 Å². The summed E-state index contributed by atoms with van der Waals surface area (Å²) in [5.41, 5.74) is 7.61. The average Bonchev–Trinajstić information content (AvgIpc) is 2.48. The number of benzene rings is 2. The van der Waals surface area contributed by atoms with Gasteiger partial charge in [-0.05, 0) is 30.7 Å². The normalized spacial score (nSPS) is 11.8. The largest absolute Gasteiger partial charge is 0.331 e. The number of rotatable bonds is 4. The molecule has 0 spiro atoms. The maximum atomic E-state index is 13.6. The number of carbonyl (C=O) groups excluding carboxylic acids is 1. The lowest BCUT2D eigenvalue weighted by atomic mass is 10.1. The number of halogens is 1. The van der Waals surface area contributed by atoms with Crippen molar-refractivity contribution in [1.29, 1.82) is 0 Å². The third-order valence-electron chi connectivity index (χ3n) is 3.17. The van der Waals surface area contributed by atoms with Gasteiger partial charge < -0.3 is 16.4 Å². The van der Waals surface area contributed by atoms with Crippen molar-refractivity contribution in [3.63, 3.8) is 0 Å². The van der Waals surface area contributed by atoms with Gasteiger partial charge in [0.05, 0.1) is 6.04 Å². The topological polar surface area (TPSA) is 67.2 Å². The Morgan fingerprint density at radius 2 is 1.86 bits per heavy atom. The molecule has 0 radical (unpaired) electrons. The summed E-state index contributed by atoms with van der Waals surface area (Å²) in [6.07, 6.45) is 0. The second kappa shape index (κ2) is 6.85. The molecule has 0 aliphatic carbocycles. The third-order valence-corrected chi connectivity index (χ3v) is 3.17. The molecule has 1 unspecified atom stereocenters. The molecular weight excluding hydrogens is 269 g/mol. The molecule has 2 amide bonds. The lowest BCUT2D eigenvalue weighted by Crippen LogP contribution is -2.31. The van der Waals surface area contributed by atoms with Crippen LogP contribution < -0.4 is 16.4 Å². The van der Waals surface area contributed by atoms with Crippen LogP contribution in [-0.4, -0.2) is 6.03 Å². The third kappa shape index (κ3) is 4.03. The Balaban J connectivity index is 1.96. The molecule has 2 aromatic carbocycles. The number of hydrogen-bond acceptors (Lipinski definition) is 2. The van der Waals surface area contributed by atoms with Crippen molar-refractivity contribution >= 4 is 11.7 Å². The summed E-state index contributed by atoms with van der Waals surface area (Å²) in [6, 6.07) is 12.8. The van der Waals surface area contributed by atoms with E-state index in [9.17, 15) is 9.18 Å². The van der Waals surface area contributed by atoms with Crippen molar-refractivity contribution in [2.45, 2.75) is 19.5 Å². The van der Waals surface area contributed by atoms with Crippen molar-refractivity contribution in [2.24, 2.45) is 5.73 Å². The minimum absolute atomic E-state index is 0.336. The van der Waals surface area contributed by atoms with Gasteiger partial charge in [-0.1, -0.05) is 30.3 Å². The molecule has 5 heteroatoms. The number of amides is 2. The first kappa shape index (κ1) is 15.0. The molecule has 0 fully saturated rings. The Morgan fingerprint density at radius 1 is 1.19 bits per heavy atom. The quantitative estimate of drug-likeness (QED) is 0.808. The van der Waals surface area contributed by atoms with Crippen LogP contribution in [0.5, 0.6) is 0 Å². The van der Waals surface area contributed by atoms with Gasteiger partial charge in [0.15, 0.2) is 0 Å². The molecule has 0 saturated carbocycles. The summed E-state index contributed by atoms with van der Waals surface area (Å²) in [4.78, 5) is 11.9. The predicted octanol–water partition coefficient (Wildman–Crippen LogP) is 3.17. The smallest absolute Gasteiger partial charge is 0.319 e.